The van der Waals surface area contributed by atoms with Crippen molar-refractivity contribution in [3.05, 3.63) is 0 Å². The van der Waals surface area contributed by atoms with E-state index in [-0.39, 0.29) is 17.9 Å². The van der Waals surface area contributed by atoms with E-state index in [1.165, 1.54) is 0 Å². The molecule has 5 heteroatoms. The molecule has 1 unspecified atom stereocenters. The summed E-state index contributed by atoms with van der Waals surface area (Å²) in [5.74, 6) is -0.322. The molecular formula is C14H26N2O3. The van der Waals surface area contributed by atoms with Crippen molar-refractivity contribution in [1.29, 1.82) is 0 Å². The molecule has 0 radical (unpaired) electrons. The van der Waals surface area contributed by atoms with Crippen LogP contribution in [-0.4, -0.2) is 47.6 Å². The van der Waals surface area contributed by atoms with Gasteiger partial charge in [0.2, 0.25) is 5.91 Å². The summed E-state index contributed by atoms with van der Waals surface area (Å²) in [6.45, 7) is 8.25. The second kappa shape index (κ2) is 7.48. The number of amides is 1. The number of carbonyl (C=O) groups excluding carboxylic acids is 1. The van der Waals surface area contributed by atoms with E-state index in [1.54, 1.807) is 0 Å². The van der Waals surface area contributed by atoms with E-state index in [4.69, 9.17) is 5.11 Å². The van der Waals surface area contributed by atoms with Gasteiger partial charge in [0.25, 0.3) is 0 Å². The van der Waals surface area contributed by atoms with E-state index in [1.807, 2.05) is 6.92 Å². The molecule has 110 valence electrons. The molecule has 19 heavy (non-hydrogen) atoms. The molecule has 5 nitrogen and oxygen atoms in total. The van der Waals surface area contributed by atoms with Crippen LogP contribution >= 0.6 is 0 Å². The van der Waals surface area contributed by atoms with Crippen LogP contribution in [0.2, 0.25) is 0 Å². The van der Waals surface area contributed by atoms with E-state index < -0.39 is 5.97 Å². The number of nitrogens with one attached hydrogen (secondary N) is 1. The second-order valence-electron chi connectivity index (χ2n) is 5.80. The number of aliphatic carboxylic acids is 1. The maximum absolute atomic E-state index is 12.0. The molecule has 0 spiro atoms. The summed E-state index contributed by atoms with van der Waals surface area (Å²) in [6, 6.07) is -0.165. The minimum absolute atomic E-state index is 0.0504. The molecule has 1 aliphatic heterocycles. The van der Waals surface area contributed by atoms with E-state index >= 15 is 0 Å². The number of likely N-dealkylation sites (tertiary alicyclic amines) is 1. The standard InChI is InChI=1S/C14H26N2O3/c1-10(2)4-7-15-13(17)11(3)16-8-5-12(6-9-16)14(18)19/h10-12H,4-9H2,1-3H3,(H,15,17)(H,18,19). The molecule has 0 bridgehead atoms. The smallest absolute Gasteiger partial charge is 0.306 e. The number of hydrogen-bond donors (Lipinski definition) is 2. The molecule has 0 aromatic rings. The van der Waals surface area contributed by atoms with Crippen LogP contribution in [0.15, 0.2) is 0 Å². The second-order valence-corrected chi connectivity index (χ2v) is 5.80. The highest BCUT2D eigenvalue weighted by Crippen LogP contribution is 2.19. The highest BCUT2D eigenvalue weighted by atomic mass is 16.4. The van der Waals surface area contributed by atoms with Gasteiger partial charge in [-0.15, -0.1) is 0 Å². The Kier molecular flexibility index (Phi) is 6.28. The lowest BCUT2D eigenvalue weighted by molar-refractivity contribution is -0.143. The van der Waals surface area contributed by atoms with Gasteiger partial charge in [0, 0.05) is 6.54 Å². The zero-order valence-corrected chi connectivity index (χ0v) is 12.2. The van der Waals surface area contributed by atoms with Crippen LogP contribution in [0.5, 0.6) is 0 Å². The zero-order chi connectivity index (χ0) is 14.4. The van der Waals surface area contributed by atoms with Gasteiger partial charge in [0.15, 0.2) is 0 Å². The fourth-order valence-corrected chi connectivity index (χ4v) is 2.33. The van der Waals surface area contributed by atoms with E-state index in [0.29, 0.717) is 38.4 Å². The van der Waals surface area contributed by atoms with Gasteiger partial charge in [-0.3, -0.25) is 14.5 Å². The number of nitrogens with zero attached hydrogens (tertiary/aromatic N) is 1. The fraction of sp³-hybridized carbons (Fsp3) is 0.857. The van der Waals surface area contributed by atoms with Gasteiger partial charge >= 0.3 is 5.97 Å². The Hall–Kier alpha value is -1.10. The average Bonchev–Trinajstić information content (AvgIpc) is 2.37. The van der Waals surface area contributed by atoms with E-state index in [9.17, 15) is 9.59 Å². The lowest BCUT2D eigenvalue weighted by atomic mass is 9.96. The predicted molar refractivity (Wildman–Crippen MR) is 73.9 cm³/mol. The summed E-state index contributed by atoms with van der Waals surface area (Å²) in [4.78, 5) is 24.9. The summed E-state index contributed by atoms with van der Waals surface area (Å²) in [6.07, 6.45) is 2.26. The molecular weight excluding hydrogens is 244 g/mol. The Balaban J connectivity index is 2.31. The van der Waals surface area contributed by atoms with Crippen LogP contribution in [-0.2, 0) is 9.59 Å². The third kappa shape index (κ3) is 5.19. The Labute approximate surface area is 115 Å². The van der Waals surface area contributed by atoms with Gasteiger partial charge in [-0.05, 0) is 45.2 Å². The summed E-state index contributed by atoms with van der Waals surface area (Å²) in [7, 11) is 0. The van der Waals surface area contributed by atoms with Crippen molar-refractivity contribution in [3.63, 3.8) is 0 Å². The maximum atomic E-state index is 12.0. The van der Waals surface area contributed by atoms with Crippen LogP contribution in [0.1, 0.15) is 40.0 Å². The van der Waals surface area contributed by atoms with Gasteiger partial charge in [0.1, 0.15) is 0 Å². The Morgan fingerprint density at radius 2 is 1.84 bits per heavy atom. The van der Waals surface area contributed by atoms with Gasteiger partial charge in [-0.1, -0.05) is 13.8 Å². The quantitative estimate of drug-likeness (QED) is 0.764. The Bertz CT molecular complexity index is 310. The van der Waals surface area contributed by atoms with Crippen LogP contribution < -0.4 is 5.32 Å². The van der Waals surface area contributed by atoms with Crippen molar-refractivity contribution >= 4 is 11.9 Å². The number of rotatable bonds is 6. The molecule has 1 rings (SSSR count). The van der Waals surface area contributed by atoms with Crippen molar-refractivity contribution in [1.82, 2.24) is 10.2 Å². The van der Waals surface area contributed by atoms with Crippen molar-refractivity contribution in [2.75, 3.05) is 19.6 Å². The summed E-state index contributed by atoms with van der Waals surface area (Å²) < 4.78 is 0. The largest absolute Gasteiger partial charge is 0.481 e. The lowest BCUT2D eigenvalue weighted by Gasteiger charge is -2.33. The average molecular weight is 270 g/mol. The molecule has 0 aliphatic carbocycles. The minimum Gasteiger partial charge on any atom is -0.481 e. The first-order chi connectivity index (χ1) is 8.91. The highest BCUT2D eigenvalue weighted by Gasteiger charge is 2.29. The van der Waals surface area contributed by atoms with Crippen molar-refractivity contribution in [3.8, 4) is 0 Å². The first kappa shape index (κ1) is 16.0. The first-order valence-corrected chi connectivity index (χ1v) is 7.16. The predicted octanol–water partition coefficient (Wildman–Crippen LogP) is 1.33. The summed E-state index contributed by atoms with van der Waals surface area (Å²) in [5, 5.41) is 11.9. The fourth-order valence-electron chi connectivity index (χ4n) is 2.33. The number of hydrogen-bond acceptors (Lipinski definition) is 3. The number of carboxylic acids is 1. The number of carboxylic acid groups (broad SMARTS) is 1. The van der Waals surface area contributed by atoms with Gasteiger partial charge in [-0.2, -0.15) is 0 Å². The van der Waals surface area contributed by atoms with E-state index in [0.717, 1.165) is 6.42 Å². The molecule has 2 N–H and O–H groups in total. The maximum Gasteiger partial charge on any atom is 0.306 e. The third-order valence-corrected chi connectivity index (χ3v) is 3.83. The van der Waals surface area contributed by atoms with Crippen molar-refractivity contribution < 1.29 is 14.7 Å². The Morgan fingerprint density at radius 3 is 2.32 bits per heavy atom. The minimum atomic E-state index is -0.714. The highest BCUT2D eigenvalue weighted by molar-refractivity contribution is 5.81. The topological polar surface area (TPSA) is 69.6 Å². The van der Waals surface area contributed by atoms with Crippen molar-refractivity contribution in [2.24, 2.45) is 11.8 Å². The third-order valence-electron chi connectivity index (χ3n) is 3.83. The molecule has 0 saturated carbocycles. The first-order valence-electron chi connectivity index (χ1n) is 7.16. The molecule has 1 saturated heterocycles. The van der Waals surface area contributed by atoms with E-state index in [2.05, 4.69) is 24.1 Å². The van der Waals surface area contributed by atoms with Gasteiger partial charge in [0.05, 0.1) is 12.0 Å². The van der Waals surface area contributed by atoms with Crippen LogP contribution in [0.3, 0.4) is 0 Å². The van der Waals surface area contributed by atoms with Crippen LogP contribution in [0.25, 0.3) is 0 Å². The monoisotopic (exact) mass is 270 g/mol. The number of carbonyl (C=O) groups is 2. The molecule has 1 amide bonds. The molecule has 1 aliphatic rings. The molecule has 1 fully saturated rings. The number of piperidine rings is 1. The zero-order valence-electron chi connectivity index (χ0n) is 12.2. The summed E-state index contributed by atoms with van der Waals surface area (Å²) >= 11 is 0. The van der Waals surface area contributed by atoms with Crippen LogP contribution in [0, 0.1) is 11.8 Å². The molecule has 1 atom stereocenters. The Morgan fingerprint density at radius 1 is 1.26 bits per heavy atom. The summed E-state index contributed by atoms with van der Waals surface area (Å²) in [5.41, 5.74) is 0. The van der Waals surface area contributed by atoms with Crippen LogP contribution in [0.4, 0.5) is 0 Å². The normalized spacial score (nSPS) is 19.4. The molecule has 1 heterocycles. The van der Waals surface area contributed by atoms with Crippen molar-refractivity contribution in [2.45, 2.75) is 46.1 Å². The SMILES string of the molecule is CC(C)CCNC(=O)C(C)N1CCC(C(=O)O)CC1. The lowest BCUT2D eigenvalue weighted by Crippen LogP contribution is -2.49. The molecule has 0 aromatic heterocycles. The van der Waals surface area contributed by atoms with Gasteiger partial charge < -0.3 is 10.4 Å². The molecule has 0 aromatic carbocycles. The van der Waals surface area contributed by atoms with Gasteiger partial charge in [-0.25, -0.2) is 0 Å².